The molecule has 1 amide bonds. The number of hydrogen-bond acceptors (Lipinski definition) is 5. The first-order valence-electron chi connectivity index (χ1n) is 10.0. The van der Waals surface area contributed by atoms with Gasteiger partial charge in [0, 0.05) is 23.5 Å². The lowest BCUT2D eigenvalue weighted by Gasteiger charge is -2.37. The van der Waals surface area contributed by atoms with Crippen molar-refractivity contribution in [2.24, 2.45) is 0 Å². The minimum atomic E-state index is -0.860. The number of ether oxygens (including phenoxy) is 1. The third-order valence-electron chi connectivity index (χ3n) is 5.15. The Kier molecular flexibility index (Phi) is 6.13. The van der Waals surface area contributed by atoms with Crippen LogP contribution in [-0.4, -0.2) is 44.4 Å². The SMILES string of the molecule is Cc1ccc(C(O)CN(C(=O)OC(C)(C)C)C2CCc3ccc(O)cc3C2)cn1. The minimum Gasteiger partial charge on any atom is -0.508 e. The number of carbonyl (C=O) groups excluding carboxylic acids is 1. The van der Waals surface area contributed by atoms with Crippen LogP contribution >= 0.6 is 0 Å². The van der Waals surface area contributed by atoms with E-state index in [1.54, 1.807) is 23.2 Å². The highest BCUT2D eigenvalue weighted by atomic mass is 16.6. The molecular formula is C23H30N2O4. The highest BCUT2D eigenvalue weighted by Gasteiger charge is 2.32. The van der Waals surface area contributed by atoms with E-state index in [0.29, 0.717) is 12.0 Å². The predicted octanol–water partition coefficient (Wildman–Crippen LogP) is 3.92. The molecule has 6 nitrogen and oxygen atoms in total. The van der Waals surface area contributed by atoms with Crippen molar-refractivity contribution in [1.29, 1.82) is 0 Å². The highest BCUT2D eigenvalue weighted by Crippen LogP contribution is 2.29. The van der Waals surface area contributed by atoms with Gasteiger partial charge in [0.2, 0.25) is 0 Å². The Morgan fingerprint density at radius 3 is 2.69 bits per heavy atom. The summed E-state index contributed by atoms with van der Waals surface area (Å²) in [5.74, 6) is 0.221. The monoisotopic (exact) mass is 398 g/mol. The van der Waals surface area contributed by atoms with E-state index in [1.165, 1.54) is 5.56 Å². The third-order valence-corrected chi connectivity index (χ3v) is 5.15. The van der Waals surface area contributed by atoms with Crippen LogP contribution in [0.1, 0.15) is 55.7 Å². The van der Waals surface area contributed by atoms with Gasteiger partial charge in [-0.05, 0) is 76.3 Å². The lowest BCUT2D eigenvalue weighted by molar-refractivity contribution is 0.00191. The standard InChI is InChI=1S/C23H30N2O4/c1-15-5-6-17(13-24-15)21(27)14-25(22(28)29-23(2,3)4)19-9-7-16-8-10-20(26)12-18(16)11-19/h5-6,8,10,12-13,19,21,26-27H,7,9,11,14H2,1-4H3. The maximum Gasteiger partial charge on any atom is 0.410 e. The first-order chi connectivity index (χ1) is 13.6. The summed E-state index contributed by atoms with van der Waals surface area (Å²) >= 11 is 0. The van der Waals surface area contributed by atoms with E-state index in [0.717, 1.165) is 24.1 Å². The Morgan fingerprint density at radius 1 is 1.28 bits per heavy atom. The summed E-state index contributed by atoms with van der Waals surface area (Å²) in [6.07, 6.45) is 2.53. The summed E-state index contributed by atoms with van der Waals surface area (Å²) in [6.45, 7) is 7.50. The Bertz CT molecular complexity index is 858. The number of aromatic nitrogens is 1. The largest absolute Gasteiger partial charge is 0.508 e. The molecule has 2 unspecified atom stereocenters. The Hall–Kier alpha value is -2.60. The number of nitrogens with zero attached hydrogens (tertiary/aromatic N) is 2. The summed E-state index contributed by atoms with van der Waals surface area (Å²) in [6, 6.07) is 8.94. The number of phenols is 1. The van der Waals surface area contributed by atoms with Crippen LogP contribution in [0.5, 0.6) is 5.75 Å². The van der Waals surface area contributed by atoms with Crippen molar-refractivity contribution in [3.63, 3.8) is 0 Å². The van der Waals surface area contributed by atoms with Crippen LogP contribution in [0.2, 0.25) is 0 Å². The lowest BCUT2D eigenvalue weighted by Crippen LogP contribution is -2.47. The van der Waals surface area contributed by atoms with Gasteiger partial charge in [-0.3, -0.25) is 4.98 Å². The molecule has 0 aliphatic heterocycles. The van der Waals surface area contributed by atoms with Crippen LogP contribution in [0.4, 0.5) is 4.79 Å². The van der Waals surface area contributed by atoms with Crippen molar-refractivity contribution in [3.05, 3.63) is 58.9 Å². The normalized spacial score (nSPS) is 17.3. The van der Waals surface area contributed by atoms with Gasteiger partial charge in [0.1, 0.15) is 11.4 Å². The lowest BCUT2D eigenvalue weighted by atomic mass is 9.87. The Labute approximate surface area is 172 Å². The van der Waals surface area contributed by atoms with E-state index >= 15 is 0 Å². The van der Waals surface area contributed by atoms with Crippen LogP contribution < -0.4 is 0 Å². The van der Waals surface area contributed by atoms with Crippen LogP contribution in [0.25, 0.3) is 0 Å². The average molecular weight is 399 g/mol. The molecule has 3 rings (SSSR count). The van der Waals surface area contributed by atoms with Gasteiger partial charge in [0.25, 0.3) is 0 Å². The van der Waals surface area contributed by atoms with Gasteiger partial charge >= 0.3 is 6.09 Å². The van der Waals surface area contributed by atoms with E-state index in [1.807, 2.05) is 45.9 Å². The fraction of sp³-hybridized carbons (Fsp3) is 0.478. The van der Waals surface area contributed by atoms with Gasteiger partial charge in [-0.2, -0.15) is 0 Å². The number of hydrogen-bond donors (Lipinski definition) is 2. The number of aryl methyl sites for hydroxylation is 2. The van der Waals surface area contributed by atoms with E-state index in [4.69, 9.17) is 4.74 Å². The summed E-state index contributed by atoms with van der Waals surface area (Å²) < 4.78 is 5.63. The first kappa shape index (κ1) is 21.1. The topological polar surface area (TPSA) is 82.9 Å². The molecule has 1 aliphatic carbocycles. The van der Waals surface area contributed by atoms with E-state index in [-0.39, 0.29) is 18.3 Å². The zero-order chi connectivity index (χ0) is 21.2. The molecule has 1 aromatic carbocycles. The Balaban J connectivity index is 1.83. The molecule has 2 N–H and O–H groups in total. The molecule has 0 spiro atoms. The molecule has 2 atom stereocenters. The van der Waals surface area contributed by atoms with Gasteiger partial charge in [-0.25, -0.2) is 4.79 Å². The average Bonchev–Trinajstić information content (AvgIpc) is 2.64. The molecule has 1 heterocycles. The van der Waals surface area contributed by atoms with Gasteiger partial charge < -0.3 is 19.8 Å². The number of aliphatic hydroxyl groups excluding tert-OH is 1. The second-order valence-electron chi connectivity index (χ2n) is 8.73. The highest BCUT2D eigenvalue weighted by molar-refractivity contribution is 5.69. The van der Waals surface area contributed by atoms with Gasteiger partial charge in [0.05, 0.1) is 12.6 Å². The predicted molar refractivity (Wildman–Crippen MR) is 111 cm³/mol. The van der Waals surface area contributed by atoms with Crippen LogP contribution in [0.15, 0.2) is 36.5 Å². The van der Waals surface area contributed by atoms with E-state index in [2.05, 4.69) is 4.98 Å². The summed E-state index contributed by atoms with van der Waals surface area (Å²) in [5.41, 5.74) is 3.12. The number of pyridine rings is 1. The molecule has 0 bridgehead atoms. The molecule has 1 aliphatic rings. The number of rotatable bonds is 4. The Morgan fingerprint density at radius 2 is 2.03 bits per heavy atom. The summed E-state index contributed by atoms with van der Waals surface area (Å²) in [4.78, 5) is 18.9. The molecular weight excluding hydrogens is 368 g/mol. The van der Waals surface area contributed by atoms with Crippen molar-refractivity contribution in [3.8, 4) is 5.75 Å². The maximum atomic E-state index is 13.0. The smallest absolute Gasteiger partial charge is 0.410 e. The number of benzene rings is 1. The second-order valence-corrected chi connectivity index (χ2v) is 8.73. The van der Waals surface area contributed by atoms with Gasteiger partial charge in [0.15, 0.2) is 0 Å². The maximum absolute atomic E-state index is 13.0. The zero-order valence-electron chi connectivity index (χ0n) is 17.6. The quantitative estimate of drug-likeness (QED) is 0.816. The molecule has 0 fully saturated rings. The molecule has 0 saturated heterocycles. The fourth-order valence-electron chi connectivity index (χ4n) is 3.65. The molecule has 0 saturated carbocycles. The number of fused-ring (bicyclic) bond motifs is 1. The fourth-order valence-corrected chi connectivity index (χ4v) is 3.65. The first-order valence-corrected chi connectivity index (χ1v) is 10.0. The summed E-state index contributed by atoms with van der Waals surface area (Å²) in [5, 5.41) is 20.6. The molecule has 1 aromatic heterocycles. The third kappa shape index (κ3) is 5.48. The van der Waals surface area contributed by atoms with Crippen LogP contribution in [0.3, 0.4) is 0 Å². The zero-order valence-corrected chi connectivity index (χ0v) is 17.6. The molecule has 156 valence electrons. The van der Waals surface area contributed by atoms with Gasteiger partial charge in [-0.1, -0.05) is 12.1 Å². The van der Waals surface area contributed by atoms with E-state index in [9.17, 15) is 15.0 Å². The molecule has 29 heavy (non-hydrogen) atoms. The number of carbonyl (C=O) groups is 1. The number of aliphatic hydroxyl groups is 1. The van der Waals surface area contributed by atoms with Crippen molar-refractivity contribution < 1.29 is 19.7 Å². The van der Waals surface area contributed by atoms with Crippen molar-refractivity contribution in [2.75, 3.05) is 6.54 Å². The van der Waals surface area contributed by atoms with Gasteiger partial charge in [-0.15, -0.1) is 0 Å². The molecule has 6 heteroatoms. The van der Waals surface area contributed by atoms with E-state index < -0.39 is 17.8 Å². The van der Waals surface area contributed by atoms with Crippen molar-refractivity contribution in [2.45, 2.75) is 64.7 Å². The second kappa shape index (κ2) is 8.41. The molecule has 2 aromatic rings. The van der Waals surface area contributed by atoms with Crippen molar-refractivity contribution >= 4 is 6.09 Å². The molecule has 0 radical (unpaired) electrons. The number of amides is 1. The van der Waals surface area contributed by atoms with Crippen molar-refractivity contribution in [1.82, 2.24) is 9.88 Å². The summed E-state index contributed by atoms with van der Waals surface area (Å²) in [7, 11) is 0. The number of phenolic OH excluding ortho intramolecular Hbond substituents is 1. The minimum absolute atomic E-state index is 0.118. The number of aromatic hydroxyl groups is 1. The van der Waals surface area contributed by atoms with Crippen LogP contribution in [0, 0.1) is 6.92 Å². The van der Waals surface area contributed by atoms with Crippen LogP contribution in [-0.2, 0) is 17.6 Å².